The van der Waals surface area contributed by atoms with E-state index in [1.54, 1.807) is 20.8 Å². The van der Waals surface area contributed by atoms with Crippen LogP contribution in [0.5, 0.6) is 0 Å². The number of rotatable bonds is 4. The highest BCUT2D eigenvalue weighted by molar-refractivity contribution is 5.94. The van der Waals surface area contributed by atoms with Gasteiger partial charge < -0.3 is 24.4 Å². The smallest absolute Gasteiger partial charge is 0.410 e. The van der Waals surface area contributed by atoms with E-state index in [1.807, 2.05) is 0 Å². The van der Waals surface area contributed by atoms with Crippen LogP contribution in [-0.4, -0.2) is 67.8 Å². The van der Waals surface area contributed by atoms with Gasteiger partial charge in [0.05, 0.1) is 26.2 Å². The van der Waals surface area contributed by atoms with Gasteiger partial charge in [-0.2, -0.15) is 0 Å². The minimum Gasteiger partial charge on any atom is -0.469 e. The molecule has 1 heterocycles. The summed E-state index contributed by atoms with van der Waals surface area (Å²) in [5.41, 5.74) is -0.677. The summed E-state index contributed by atoms with van der Waals surface area (Å²) in [6, 6.07) is -0.665. The van der Waals surface area contributed by atoms with Crippen molar-refractivity contribution in [2.24, 2.45) is 5.92 Å². The first kappa shape index (κ1) is 19.7. The normalized spacial score (nSPS) is 20.3. The zero-order valence-electron chi connectivity index (χ0n) is 14.6. The first-order valence-electron chi connectivity index (χ1n) is 7.49. The van der Waals surface area contributed by atoms with E-state index in [0.717, 1.165) is 0 Å². The van der Waals surface area contributed by atoms with Gasteiger partial charge in [-0.05, 0) is 20.8 Å². The van der Waals surface area contributed by atoms with Crippen LogP contribution in [0.1, 0.15) is 27.2 Å². The van der Waals surface area contributed by atoms with Gasteiger partial charge in [0.2, 0.25) is 5.91 Å². The Bertz CT molecular complexity index is 512. The van der Waals surface area contributed by atoms with Crippen LogP contribution in [0.15, 0.2) is 0 Å². The van der Waals surface area contributed by atoms with Gasteiger partial charge in [0.15, 0.2) is 0 Å². The van der Waals surface area contributed by atoms with Crippen molar-refractivity contribution in [1.82, 2.24) is 10.2 Å². The van der Waals surface area contributed by atoms with Crippen LogP contribution in [0.3, 0.4) is 0 Å². The third kappa shape index (κ3) is 5.71. The van der Waals surface area contributed by atoms with E-state index in [4.69, 9.17) is 9.47 Å². The number of nitrogens with zero attached hydrogens (tertiary/aromatic N) is 1. The van der Waals surface area contributed by atoms with Gasteiger partial charge in [-0.1, -0.05) is 0 Å². The minimum absolute atomic E-state index is 0.0603. The number of hydrogen-bond donors (Lipinski definition) is 1. The van der Waals surface area contributed by atoms with Crippen molar-refractivity contribution in [3.63, 3.8) is 0 Å². The third-order valence-electron chi connectivity index (χ3n) is 3.35. The zero-order valence-corrected chi connectivity index (χ0v) is 14.6. The highest BCUT2D eigenvalue weighted by Gasteiger charge is 2.42. The Kier molecular flexibility index (Phi) is 6.56. The zero-order chi connectivity index (χ0) is 18.5. The number of methoxy groups -OCH3 is 2. The Labute approximate surface area is 140 Å². The maximum Gasteiger partial charge on any atom is 0.410 e. The predicted octanol–water partition coefficient (Wildman–Crippen LogP) is 0.0742. The fraction of sp³-hybridized carbons (Fsp3) is 0.733. The molecule has 1 rings (SSSR count). The van der Waals surface area contributed by atoms with Crippen LogP contribution in [0.25, 0.3) is 0 Å². The predicted molar refractivity (Wildman–Crippen MR) is 81.9 cm³/mol. The van der Waals surface area contributed by atoms with Gasteiger partial charge in [0.1, 0.15) is 12.0 Å². The van der Waals surface area contributed by atoms with Gasteiger partial charge in [-0.3, -0.25) is 14.4 Å². The number of esters is 2. The molecule has 136 valence electrons. The maximum absolute atomic E-state index is 12.1. The van der Waals surface area contributed by atoms with Crippen molar-refractivity contribution in [1.29, 1.82) is 0 Å². The molecule has 0 radical (unpaired) electrons. The molecule has 0 aliphatic carbocycles. The molecule has 1 N–H and O–H groups in total. The van der Waals surface area contributed by atoms with E-state index in [1.165, 1.54) is 19.1 Å². The molecular formula is C15H24N2O7. The summed E-state index contributed by atoms with van der Waals surface area (Å²) in [4.78, 5) is 48.3. The van der Waals surface area contributed by atoms with Crippen molar-refractivity contribution in [3.8, 4) is 0 Å². The molecule has 0 aromatic rings. The van der Waals surface area contributed by atoms with Gasteiger partial charge in [-0.25, -0.2) is 4.79 Å². The summed E-state index contributed by atoms with van der Waals surface area (Å²) < 4.78 is 14.4. The van der Waals surface area contributed by atoms with Crippen LogP contribution in [0.4, 0.5) is 4.79 Å². The number of carbonyl (C=O) groups is 4. The standard InChI is InChI=1S/C15H24N2O7/c1-15(2,3)24-14(21)17-7-9(13(20)23-5)10(8-17)16-11(18)6-12(19)22-4/h9-10H,6-8H2,1-5H3,(H,16,18)/t9-,10-/m0/s1. The number of hydrogen-bond acceptors (Lipinski definition) is 7. The number of nitrogens with one attached hydrogen (secondary N) is 1. The van der Waals surface area contributed by atoms with Crippen molar-refractivity contribution in [2.45, 2.75) is 38.8 Å². The second-order valence-corrected chi connectivity index (χ2v) is 6.44. The Morgan fingerprint density at radius 1 is 1.08 bits per heavy atom. The van der Waals surface area contributed by atoms with Crippen molar-refractivity contribution >= 4 is 23.9 Å². The van der Waals surface area contributed by atoms with E-state index in [9.17, 15) is 19.2 Å². The molecule has 9 nitrogen and oxygen atoms in total. The second-order valence-electron chi connectivity index (χ2n) is 6.44. The average Bonchev–Trinajstić information content (AvgIpc) is 2.88. The molecule has 24 heavy (non-hydrogen) atoms. The van der Waals surface area contributed by atoms with Crippen LogP contribution in [0, 0.1) is 5.92 Å². The van der Waals surface area contributed by atoms with Crippen LogP contribution in [0.2, 0.25) is 0 Å². The lowest BCUT2D eigenvalue weighted by atomic mass is 10.0. The SMILES string of the molecule is COC(=O)CC(=O)N[C@H]1CN(C(=O)OC(C)(C)C)C[C@@H]1C(=O)OC. The summed E-state index contributed by atoms with van der Waals surface area (Å²) >= 11 is 0. The molecule has 0 spiro atoms. The summed E-state index contributed by atoms with van der Waals surface area (Å²) in [6.07, 6.45) is -1.05. The molecule has 2 atom stereocenters. The third-order valence-corrected chi connectivity index (χ3v) is 3.35. The first-order chi connectivity index (χ1) is 11.1. The maximum atomic E-state index is 12.1. The van der Waals surface area contributed by atoms with E-state index in [2.05, 4.69) is 10.1 Å². The largest absolute Gasteiger partial charge is 0.469 e. The summed E-state index contributed by atoms with van der Waals surface area (Å²) in [5.74, 6) is -2.57. The van der Waals surface area contributed by atoms with E-state index in [-0.39, 0.29) is 13.1 Å². The Morgan fingerprint density at radius 2 is 1.71 bits per heavy atom. The summed E-state index contributed by atoms with van der Waals surface area (Å²) in [6.45, 7) is 5.34. The Morgan fingerprint density at radius 3 is 2.21 bits per heavy atom. The second kappa shape index (κ2) is 7.98. The molecule has 0 saturated carbocycles. The summed E-state index contributed by atoms with van der Waals surface area (Å²) in [7, 11) is 2.40. The Hall–Kier alpha value is -2.32. The van der Waals surface area contributed by atoms with Gasteiger partial charge in [-0.15, -0.1) is 0 Å². The lowest BCUT2D eigenvalue weighted by Gasteiger charge is -2.24. The average molecular weight is 344 g/mol. The van der Waals surface area contributed by atoms with Crippen LogP contribution < -0.4 is 5.32 Å². The van der Waals surface area contributed by atoms with Crippen LogP contribution in [-0.2, 0) is 28.6 Å². The molecule has 1 aliphatic rings. The summed E-state index contributed by atoms with van der Waals surface area (Å²) in [5, 5.41) is 2.57. The fourth-order valence-electron chi connectivity index (χ4n) is 2.28. The quantitative estimate of drug-likeness (QED) is 0.436. The van der Waals surface area contributed by atoms with Crippen molar-refractivity contribution < 1.29 is 33.4 Å². The van der Waals surface area contributed by atoms with Gasteiger partial charge in [0, 0.05) is 13.1 Å². The lowest BCUT2D eigenvalue weighted by molar-refractivity contribution is -0.145. The minimum atomic E-state index is -0.732. The monoisotopic (exact) mass is 344 g/mol. The molecule has 1 aliphatic heterocycles. The van der Waals surface area contributed by atoms with Crippen molar-refractivity contribution in [2.75, 3.05) is 27.3 Å². The molecule has 2 amide bonds. The Balaban J connectivity index is 2.77. The number of likely N-dealkylation sites (tertiary alicyclic amines) is 1. The molecule has 0 aromatic carbocycles. The fourth-order valence-corrected chi connectivity index (χ4v) is 2.28. The highest BCUT2D eigenvalue weighted by atomic mass is 16.6. The molecule has 1 fully saturated rings. The number of amides is 2. The molecular weight excluding hydrogens is 320 g/mol. The van der Waals surface area contributed by atoms with E-state index >= 15 is 0 Å². The molecule has 9 heteroatoms. The van der Waals surface area contributed by atoms with Gasteiger partial charge in [0.25, 0.3) is 0 Å². The first-order valence-corrected chi connectivity index (χ1v) is 7.49. The van der Waals surface area contributed by atoms with E-state index in [0.29, 0.717) is 0 Å². The molecule has 1 saturated heterocycles. The molecule has 0 bridgehead atoms. The number of ether oxygens (including phenoxy) is 3. The lowest BCUT2D eigenvalue weighted by Crippen LogP contribution is -2.44. The molecule has 0 unspecified atom stereocenters. The molecule has 0 aromatic heterocycles. The van der Waals surface area contributed by atoms with Crippen molar-refractivity contribution in [3.05, 3.63) is 0 Å². The topological polar surface area (TPSA) is 111 Å². The van der Waals surface area contributed by atoms with Crippen LogP contribution >= 0.6 is 0 Å². The van der Waals surface area contributed by atoms with E-state index < -0.39 is 47.9 Å². The number of carbonyl (C=O) groups excluding carboxylic acids is 4. The highest BCUT2D eigenvalue weighted by Crippen LogP contribution is 2.21. The van der Waals surface area contributed by atoms with Gasteiger partial charge >= 0.3 is 18.0 Å².